The molecule has 8 aromatic rings. The minimum atomic E-state index is 0.150. The van der Waals surface area contributed by atoms with Gasteiger partial charge in [-0.05, 0) is 162 Å². The Bertz CT molecular complexity index is 2980. The number of nitrogen functional groups attached to an aromatic ring is 1. The summed E-state index contributed by atoms with van der Waals surface area (Å²) >= 11 is 10.1. The van der Waals surface area contributed by atoms with Gasteiger partial charge in [-0.1, -0.05) is 0 Å². The van der Waals surface area contributed by atoms with E-state index in [1.807, 2.05) is 106 Å². The maximum atomic E-state index is 5.91. The number of aliphatic imine (C=N–C) groups is 1. The molecular weight excluding hydrogens is 933 g/mol. The van der Waals surface area contributed by atoms with E-state index in [9.17, 15) is 0 Å². The Hall–Kier alpha value is -7.25. The average Bonchev–Trinajstić information content (AvgIpc) is 4.20. The predicted molar refractivity (Wildman–Crippen MR) is 289 cm³/mol. The molecule has 0 bridgehead atoms. The number of isothiocyanates is 1. The molecule has 6 aromatic heterocycles. The number of morpholine rings is 2. The van der Waals surface area contributed by atoms with Gasteiger partial charge in [0, 0.05) is 105 Å². The third-order valence-corrected chi connectivity index (χ3v) is 11.6. The zero-order chi connectivity index (χ0) is 49.5. The number of benzene rings is 2. The Morgan fingerprint density at radius 1 is 0.620 bits per heavy atom. The van der Waals surface area contributed by atoms with Crippen molar-refractivity contribution in [3.05, 3.63) is 134 Å². The van der Waals surface area contributed by atoms with Crippen molar-refractivity contribution in [2.75, 3.05) is 65.6 Å². The van der Waals surface area contributed by atoms with Gasteiger partial charge in [0.05, 0.1) is 35.3 Å². The predicted octanol–water partition coefficient (Wildman–Crippen LogP) is 9.42. The van der Waals surface area contributed by atoms with Crippen LogP contribution >= 0.6 is 24.4 Å². The summed E-state index contributed by atoms with van der Waals surface area (Å²) in [6, 6.07) is 30.9. The monoisotopic (exact) mass is 990 g/mol. The minimum Gasteiger partial charge on any atom is -0.399 e. The van der Waals surface area contributed by atoms with Gasteiger partial charge in [-0.2, -0.15) is 4.99 Å². The van der Waals surface area contributed by atoms with Gasteiger partial charge in [0.1, 0.15) is 11.0 Å². The minimum absolute atomic E-state index is 0.150. The van der Waals surface area contributed by atoms with Gasteiger partial charge in [0.15, 0.2) is 28.4 Å². The van der Waals surface area contributed by atoms with Crippen LogP contribution < -0.4 is 26.2 Å². The molecule has 0 amide bonds. The Kier molecular flexibility index (Phi) is 17.3. The second-order valence-electron chi connectivity index (χ2n) is 17.3. The summed E-state index contributed by atoms with van der Waals surface area (Å²) in [5.74, 6) is 3.21. The molecule has 3 fully saturated rings. The van der Waals surface area contributed by atoms with Crippen molar-refractivity contribution in [2.24, 2.45) is 4.99 Å². The van der Waals surface area contributed by atoms with Gasteiger partial charge in [-0.3, -0.25) is 9.97 Å². The van der Waals surface area contributed by atoms with Crippen LogP contribution in [-0.2, 0) is 14.2 Å². The molecule has 3 aliphatic heterocycles. The van der Waals surface area contributed by atoms with Gasteiger partial charge in [0.2, 0.25) is 0 Å². The van der Waals surface area contributed by atoms with Crippen molar-refractivity contribution >= 4 is 80.1 Å². The number of aromatic nitrogens is 8. The van der Waals surface area contributed by atoms with Gasteiger partial charge in [-0.25, -0.2) is 19.0 Å². The highest BCUT2D eigenvalue weighted by Crippen LogP contribution is 2.29. The molecule has 0 spiro atoms. The smallest absolute Gasteiger partial charge is 0.182 e. The van der Waals surface area contributed by atoms with E-state index in [1.54, 1.807) is 36.9 Å². The van der Waals surface area contributed by atoms with Crippen LogP contribution in [0, 0.1) is 0 Å². The van der Waals surface area contributed by atoms with Crippen LogP contribution in [0.3, 0.4) is 0 Å². The third-order valence-electron chi connectivity index (χ3n) is 11.4. The number of fused-ring (bicyclic) bond motifs is 2. The third kappa shape index (κ3) is 14.0. The maximum Gasteiger partial charge on any atom is 0.182 e. The highest BCUT2D eigenvalue weighted by molar-refractivity contribution is 7.80. The maximum absolute atomic E-state index is 5.91. The molecular formula is C52H58N14O3S2. The van der Waals surface area contributed by atoms with E-state index in [2.05, 4.69) is 85.6 Å². The van der Waals surface area contributed by atoms with Gasteiger partial charge < -0.3 is 40.4 Å². The zero-order valence-electron chi connectivity index (χ0n) is 40.2. The molecule has 3 aliphatic rings. The van der Waals surface area contributed by atoms with Crippen LogP contribution in [0.5, 0.6) is 0 Å². The van der Waals surface area contributed by atoms with E-state index in [0.29, 0.717) is 16.8 Å². The lowest BCUT2D eigenvalue weighted by atomic mass is 10.2. The largest absolute Gasteiger partial charge is 0.399 e. The first-order valence-corrected chi connectivity index (χ1v) is 24.4. The first kappa shape index (κ1) is 50.1. The standard InChI is InChI=1S/C24H25N7OS.C19H19N5OS.C5H6N2.C4H8O/c1-16-14-30(15-17(2)32-16)23-21-4-3-13-31(21)29-22(28-23)18-5-7-19(8-6-18)26-24(33)27-20-9-11-25-12-10-20;1-13-10-23(11-14(2)25-13)19-17-4-3-9-24(17)22-18(21-19)15-5-7-16(8-6-15)20-12-26;6-5-1-3-7-4-2-5;1-2-4-5-3-1/h3-13,16-17H,14-15H2,1-2H3,(H2,25,26,27,33);3-9,13-14H,10-11H2,1-2H3;1-4H,(H2,6,7);1-4H2/t16-,17+;13-,14+;;. The Balaban J connectivity index is 0.000000156. The molecule has 19 heteroatoms. The summed E-state index contributed by atoms with van der Waals surface area (Å²) in [7, 11) is 0. The summed E-state index contributed by atoms with van der Waals surface area (Å²) in [6.07, 6.45) is 13.8. The molecule has 0 unspecified atom stereocenters. The molecule has 4 atom stereocenters. The fourth-order valence-corrected chi connectivity index (χ4v) is 8.63. The van der Waals surface area contributed by atoms with E-state index in [4.69, 9.17) is 47.2 Å². The lowest BCUT2D eigenvalue weighted by Crippen LogP contribution is -2.46. The lowest BCUT2D eigenvalue weighted by molar-refractivity contribution is -0.00565. The number of nitrogens with two attached hydrogens (primary N) is 1. The molecule has 0 radical (unpaired) electrons. The molecule has 11 rings (SSSR count). The molecule has 17 nitrogen and oxygen atoms in total. The summed E-state index contributed by atoms with van der Waals surface area (Å²) < 4.78 is 20.5. The first-order valence-electron chi connectivity index (χ1n) is 23.6. The molecule has 9 heterocycles. The number of thiocarbonyl (C=S) groups is 2. The van der Waals surface area contributed by atoms with Crippen molar-refractivity contribution < 1.29 is 14.2 Å². The van der Waals surface area contributed by atoms with Crippen LogP contribution in [0.4, 0.5) is 34.4 Å². The number of ether oxygens (including phenoxy) is 3. The number of rotatable bonds is 7. The zero-order valence-corrected chi connectivity index (χ0v) is 41.8. The van der Waals surface area contributed by atoms with E-state index < -0.39 is 0 Å². The molecule has 2 aromatic carbocycles. The van der Waals surface area contributed by atoms with E-state index in [0.717, 1.165) is 95.9 Å². The topological polar surface area (TPSA) is 183 Å². The number of nitrogens with one attached hydrogen (secondary N) is 2. The number of nitrogens with zero attached hydrogens (tertiary/aromatic N) is 11. The van der Waals surface area contributed by atoms with E-state index in [1.165, 1.54) is 12.8 Å². The number of hydrogen-bond acceptors (Lipinski definition) is 15. The first-order chi connectivity index (χ1) is 34.6. The highest BCUT2D eigenvalue weighted by Gasteiger charge is 2.27. The van der Waals surface area contributed by atoms with Crippen LogP contribution in [0.1, 0.15) is 40.5 Å². The van der Waals surface area contributed by atoms with Crippen LogP contribution in [-0.4, -0.2) is 113 Å². The quantitative estimate of drug-likeness (QED) is 0.101. The molecule has 71 heavy (non-hydrogen) atoms. The number of anilines is 5. The number of pyridine rings is 2. The van der Waals surface area contributed by atoms with Crippen molar-refractivity contribution in [1.29, 1.82) is 0 Å². The summed E-state index contributed by atoms with van der Waals surface area (Å²) in [6.45, 7) is 13.6. The van der Waals surface area contributed by atoms with Crippen molar-refractivity contribution in [1.82, 2.24) is 39.2 Å². The fourth-order valence-electron chi connectivity index (χ4n) is 8.29. The van der Waals surface area contributed by atoms with E-state index in [-0.39, 0.29) is 24.4 Å². The summed E-state index contributed by atoms with van der Waals surface area (Å²) in [5, 5.41) is 18.6. The second kappa shape index (κ2) is 24.5. The van der Waals surface area contributed by atoms with Crippen molar-refractivity contribution in [3.8, 4) is 22.8 Å². The number of hydrogen-bond donors (Lipinski definition) is 3. The van der Waals surface area contributed by atoms with Gasteiger partial charge in [-0.15, -0.1) is 10.2 Å². The molecule has 3 saturated heterocycles. The molecule has 0 aliphatic carbocycles. The van der Waals surface area contributed by atoms with Gasteiger partial charge in [0.25, 0.3) is 0 Å². The van der Waals surface area contributed by atoms with Crippen LogP contribution in [0.2, 0.25) is 0 Å². The molecule has 366 valence electrons. The second-order valence-corrected chi connectivity index (χ2v) is 17.9. The van der Waals surface area contributed by atoms with E-state index >= 15 is 0 Å². The fraction of sp³-hybridized carbons (Fsp3) is 0.308. The Morgan fingerprint density at radius 2 is 1.06 bits per heavy atom. The highest BCUT2D eigenvalue weighted by atomic mass is 32.1. The average molecular weight is 991 g/mol. The SMILES string of the molecule is C1CCOC1.C[C@@H]1CN(c2nc(-c3ccc(N=C=S)cc3)nn3cccc23)C[C@H](C)O1.C[C@@H]1CN(c2nc(-c3ccc(NC(=S)Nc4ccncc4)cc3)nn3cccc23)C[C@H](C)O1.Nc1ccncc1. The Labute approximate surface area is 424 Å². The Morgan fingerprint density at radius 3 is 1.46 bits per heavy atom. The van der Waals surface area contributed by atoms with Crippen molar-refractivity contribution in [3.63, 3.8) is 0 Å². The van der Waals surface area contributed by atoms with Crippen LogP contribution in [0.15, 0.2) is 139 Å². The van der Waals surface area contributed by atoms with Crippen LogP contribution in [0.25, 0.3) is 33.8 Å². The van der Waals surface area contributed by atoms with Gasteiger partial charge >= 0.3 is 0 Å². The molecule has 4 N–H and O–H groups in total. The summed E-state index contributed by atoms with van der Waals surface area (Å²) in [5.41, 5.74) is 12.5. The summed E-state index contributed by atoms with van der Waals surface area (Å²) in [4.78, 5) is 26.2. The lowest BCUT2D eigenvalue weighted by Gasteiger charge is -2.36. The normalized spacial score (nSPS) is 18.4. The van der Waals surface area contributed by atoms with Crippen molar-refractivity contribution in [2.45, 2.75) is 65.0 Å². The molecule has 0 saturated carbocycles.